The summed E-state index contributed by atoms with van der Waals surface area (Å²) in [5.74, 6) is -0.0873. The van der Waals surface area contributed by atoms with Gasteiger partial charge in [-0.25, -0.2) is 0 Å². The highest BCUT2D eigenvalue weighted by atomic mass is 16.5. The zero-order valence-electron chi connectivity index (χ0n) is 10.2. The number of hydrogen-bond acceptors (Lipinski definition) is 2. The van der Waals surface area contributed by atoms with Crippen LogP contribution in [-0.4, -0.2) is 12.6 Å². The van der Waals surface area contributed by atoms with Crippen molar-refractivity contribution in [3.63, 3.8) is 0 Å². The molecule has 0 fully saturated rings. The molecule has 1 aliphatic carbocycles. The summed E-state index contributed by atoms with van der Waals surface area (Å²) in [5, 5.41) is 0. The van der Waals surface area contributed by atoms with Crippen LogP contribution in [-0.2, 0) is 9.53 Å². The summed E-state index contributed by atoms with van der Waals surface area (Å²) in [7, 11) is 0. The van der Waals surface area contributed by atoms with Crippen molar-refractivity contribution in [3.8, 4) is 0 Å². The van der Waals surface area contributed by atoms with Crippen molar-refractivity contribution in [1.29, 1.82) is 0 Å². The molecule has 1 unspecified atom stereocenters. The first kappa shape index (κ1) is 13.0. The van der Waals surface area contributed by atoms with Crippen LogP contribution in [0.15, 0.2) is 24.3 Å². The molecule has 0 aliphatic heterocycles. The number of carbonyl (C=O) groups is 1. The van der Waals surface area contributed by atoms with Gasteiger partial charge in [-0.15, -0.1) is 6.58 Å². The average molecular weight is 222 g/mol. The van der Waals surface area contributed by atoms with Crippen LogP contribution < -0.4 is 0 Å². The third-order valence-electron chi connectivity index (χ3n) is 3.00. The SMILES string of the molecule is C=CCCC(C(=O)OCC)C1=CCCCC1. The van der Waals surface area contributed by atoms with E-state index in [1.807, 2.05) is 13.0 Å². The lowest BCUT2D eigenvalue weighted by atomic mass is 9.86. The second-order valence-corrected chi connectivity index (χ2v) is 4.20. The van der Waals surface area contributed by atoms with Crippen molar-refractivity contribution >= 4 is 5.97 Å². The van der Waals surface area contributed by atoms with Gasteiger partial charge in [0.1, 0.15) is 0 Å². The lowest BCUT2D eigenvalue weighted by Crippen LogP contribution is -2.21. The number of esters is 1. The Hall–Kier alpha value is -1.05. The molecule has 0 aromatic heterocycles. The predicted molar refractivity (Wildman–Crippen MR) is 66.1 cm³/mol. The summed E-state index contributed by atoms with van der Waals surface area (Å²) in [6.45, 7) is 6.04. The average Bonchev–Trinajstić information content (AvgIpc) is 2.31. The number of hydrogen-bond donors (Lipinski definition) is 0. The molecule has 0 saturated carbocycles. The minimum Gasteiger partial charge on any atom is -0.466 e. The maximum Gasteiger partial charge on any atom is 0.313 e. The van der Waals surface area contributed by atoms with E-state index in [1.165, 1.54) is 18.4 Å². The van der Waals surface area contributed by atoms with Crippen LogP contribution in [0.1, 0.15) is 45.4 Å². The Labute approximate surface area is 98.4 Å². The Balaban J connectivity index is 2.64. The van der Waals surface area contributed by atoms with Crippen LogP contribution in [0, 0.1) is 5.92 Å². The molecule has 0 saturated heterocycles. The van der Waals surface area contributed by atoms with Crippen molar-refractivity contribution in [1.82, 2.24) is 0 Å². The first-order valence-electron chi connectivity index (χ1n) is 6.26. The van der Waals surface area contributed by atoms with E-state index < -0.39 is 0 Å². The fraction of sp³-hybridized carbons (Fsp3) is 0.643. The third kappa shape index (κ3) is 3.84. The highest BCUT2D eigenvalue weighted by molar-refractivity contribution is 5.75. The third-order valence-corrected chi connectivity index (χ3v) is 3.00. The van der Waals surface area contributed by atoms with Crippen LogP contribution in [0.4, 0.5) is 0 Å². The van der Waals surface area contributed by atoms with E-state index in [0.29, 0.717) is 6.61 Å². The standard InChI is InChI=1S/C14H22O2/c1-3-5-11-13(14(15)16-4-2)12-9-7-6-8-10-12/h3,9,13H,1,4-8,10-11H2,2H3. The fourth-order valence-electron chi connectivity index (χ4n) is 2.16. The molecule has 0 heterocycles. The van der Waals surface area contributed by atoms with E-state index in [9.17, 15) is 4.79 Å². The van der Waals surface area contributed by atoms with Gasteiger partial charge in [0.25, 0.3) is 0 Å². The predicted octanol–water partition coefficient (Wildman–Crippen LogP) is 3.63. The number of allylic oxidation sites excluding steroid dienone is 2. The largest absolute Gasteiger partial charge is 0.466 e. The van der Waals surface area contributed by atoms with E-state index in [2.05, 4.69) is 12.7 Å². The maximum atomic E-state index is 11.9. The zero-order valence-corrected chi connectivity index (χ0v) is 10.2. The van der Waals surface area contributed by atoms with Gasteiger partial charge in [-0.1, -0.05) is 17.7 Å². The van der Waals surface area contributed by atoms with E-state index >= 15 is 0 Å². The normalized spacial score (nSPS) is 17.4. The Bertz CT molecular complexity index is 266. The Morgan fingerprint density at radius 3 is 3.00 bits per heavy atom. The van der Waals surface area contributed by atoms with E-state index in [1.54, 1.807) is 0 Å². The topological polar surface area (TPSA) is 26.3 Å². The molecule has 0 aromatic rings. The van der Waals surface area contributed by atoms with Crippen LogP contribution >= 0.6 is 0 Å². The van der Waals surface area contributed by atoms with Gasteiger partial charge in [0.05, 0.1) is 12.5 Å². The second-order valence-electron chi connectivity index (χ2n) is 4.20. The van der Waals surface area contributed by atoms with Gasteiger partial charge < -0.3 is 4.74 Å². The molecule has 0 bridgehead atoms. The molecule has 1 atom stereocenters. The van der Waals surface area contributed by atoms with Crippen molar-refractivity contribution < 1.29 is 9.53 Å². The van der Waals surface area contributed by atoms with Gasteiger partial charge in [-0.3, -0.25) is 4.79 Å². The summed E-state index contributed by atoms with van der Waals surface area (Å²) in [4.78, 5) is 11.9. The van der Waals surface area contributed by atoms with Crippen LogP contribution in [0.3, 0.4) is 0 Å². The molecule has 90 valence electrons. The van der Waals surface area contributed by atoms with Gasteiger partial charge in [-0.05, 0) is 45.4 Å². The van der Waals surface area contributed by atoms with Gasteiger partial charge in [-0.2, -0.15) is 0 Å². The molecule has 1 rings (SSSR count). The Morgan fingerprint density at radius 1 is 1.62 bits per heavy atom. The molecule has 0 amide bonds. The summed E-state index contributed by atoms with van der Waals surface area (Å²) in [6, 6.07) is 0. The number of ether oxygens (including phenoxy) is 1. The van der Waals surface area contributed by atoms with E-state index in [4.69, 9.17) is 4.74 Å². The Kier molecular flexibility index (Phi) is 5.91. The van der Waals surface area contributed by atoms with Crippen molar-refractivity contribution in [2.75, 3.05) is 6.61 Å². The van der Waals surface area contributed by atoms with Gasteiger partial charge >= 0.3 is 5.97 Å². The van der Waals surface area contributed by atoms with Gasteiger partial charge in [0.2, 0.25) is 0 Å². The van der Waals surface area contributed by atoms with Crippen molar-refractivity contribution in [2.24, 2.45) is 5.92 Å². The Morgan fingerprint density at radius 2 is 2.44 bits per heavy atom. The van der Waals surface area contributed by atoms with Gasteiger partial charge in [0.15, 0.2) is 0 Å². The lowest BCUT2D eigenvalue weighted by molar-refractivity contribution is -0.146. The monoisotopic (exact) mass is 222 g/mol. The minimum atomic E-state index is -0.0579. The molecule has 0 N–H and O–H groups in total. The van der Waals surface area contributed by atoms with Crippen LogP contribution in [0.2, 0.25) is 0 Å². The first-order chi connectivity index (χ1) is 7.79. The molecule has 2 heteroatoms. The lowest BCUT2D eigenvalue weighted by Gasteiger charge is -2.21. The molecule has 1 aliphatic rings. The zero-order chi connectivity index (χ0) is 11.8. The first-order valence-corrected chi connectivity index (χ1v) is 6.26. The molecule has 0 spiro atoms. The maximum absolute atomic E-state index is 11.9. The number of rotatable bonds is 6. The second kappa shape index (κ2) is 7.26. The van der Waals surface area contributed by atoms with E-state index in [0.717, 1.165) is 25.7 Å². The number of carbonyl (C=O) groups excluding carboxylic acids is 1. The van der Waals surface area contributed by atoms with Crippen LogP contribution in [0.5, 0.6) is 0 Å². The molecule has 2 nitrogen and oxygen atoms in total. The van der Waals surface area contributed by atoms with Crippen LogP contribution in [0.25, 0.3) is 0 Å². The summed E-state index contributed by atoms with van der Waals surface area (Å²) >= 11 is 0. The highest BCUT2D eigenvalue weighted by Gasteiger charge is 2.24. The quantitative estimate of drug-likeness (QED) is 0.506. The van der Waals surface area contributed by atoms with Crippen molar-refractivity contribution in [2.45, 2.75) is 45.4 Å². The molecular weight excluding hydrogens is 200 g/mol. The molecule has 0 aromatic carbocycles. The van der Waals surface area contributed by atoms with E-state index in [-0.39, 0.29) is 11.9 Å². The van der Waals surface area contributed by atoms with Gasteiger partial charge in [0, 0.05) is 0 Å². The summed E-state index contributed by atoms with van der Waals surface area (Å²) in [6.07, 6.45) is 10.4. The highest BCUT2D eigenvalue weighted by Crippen LogP contribution is 2.28. The fourth-order valence-corrected chi connectivity index (χ4v) is 2.16. The minimum absolute atomic E-state index is 0.0294. The molecular formula is C14H22O2. The van der Waals surface area contributed by atoms with Crippen molar-refractivity contribution in [3.05, 3.63) is 24.3 Å². The summed E-state index contributed by atoms with van der Waals surface area (Å²) < 4.78 is 5.14. The summed E-state index contributed by atoms with van der Waals surface area (Å²) in [5.41, 5.74) is 1.28. The molecule has 0 radical (unpaired) electrons. The smallest absolute Gasteiger partial charge is 0.313 e. The molecule has 16 heavy (non-hydrogen) atoms.